The van der Waals surface area contributed by atoms with Crippen LogP contribution < -0.4 is 10.1 Å². The lowest BCUT2D eigenvalue weighted by Gasteiger charge is -2.12. The maximum Gasteiger partial charge on any atom is 0.133 e. The van der Waals surface area contributed by atoms with Crippen molar-refractivity contribution in [2.24, 2.45) is 0 Å². The van der Waals surface area contributed by atoms with E-state index in [2.05, 4.69) is 12.2 Å². The average Bonchev–Trinajstić information content (AvgIpc) is 2.40. The fourth-order valence-corrected chi connectivity index (χ4v) is 1.86. The second-order valence-electron chi connectivity index (χ2n) is 4.49. The summed E-state index contributed by atoms with van der Waals surface area (Å²) in [6.45, 7) is 3.65. The number of benzene rings is 2. The van der Waals surface area contributed by atoms with E-state index in [1.807, 2.05) is 18.2 Å². The van der Waals surface area contributed by atoms with Gasteiger partial charge in [-0.05, 0) is 19.0 Å². The Morgan fingerprint density at radius 3 is 2.45 bits per heavy atom. The zero-order valence-corrected chi connectivity index (χ0v) is 11.3. The van der Waals surface area contributed by atoms with E-state index in [-0.39, 0.29) is 5.75 Å². The summed E-state index contributed by atoms with van der Waals surface area (Å²) in [4.78, 5) is 0. The Morgan fingerprint density at radius 1 is 1.05 bits per heavy atom. The van der Waals surface area contributed by atoms with Crippen molar-refractivity contribution in [3.05, 3.63) is 59.7 Å². The fourth-order valence-electron chi connectivity index (χ4n) is 1.86. The van der Waals surface area contributed by atoms with Crippen LogP contribution in [0.3, 0.4) is 0 Å². The largest absolute Gasteiger partial charge is 0.457 e. The molecule has 0 spiro atoms. The van der Waals surface area contributed by atoms with E-state index >= 15 is 0 Å². The molecule has 0 amide bonds. The monoisotopic (exact) mass is 277 g/mol. The predicted octanol–water partition coefficient (Wildman–Crippen LogP) is 4.26. The van der Waals surface area contributed by atoms with Gasteiger partial charge >= 0.3 is 0 Å². The molecule has 0 saturated heterocycles. The molecule has 0 radical (unpaired) electrons. The molecule has 4 heteroatoms. The molecule has 1 N–H and O–H groups in total. The fraction of sp³-hybridized carbons (Fsp3) is 0.250. The Hall–Kier alpha value is -1.94. The van der Waals surface area contributed by atoms with Gasteiger partial charge in [-0.2, -0.15) is 0 Å². The van der Waals surface area contributed by atoms with Gasteiger partial charge in [0.2, 0.25) is 0 Å². The zero-order chi connectivity index (χ0) is 14.4. The van der Waals surface area contributed by atoms with Crippen LogP contribution in [0.5, 0.6) is 11.5 Å². The van der Waals surface area contributed by atoms with Gasteiger partial charge in [-0.15, -0.1) is 0 Å². The molecular weight excluding hydrogens is 260 g/mol. The number of ether oxygens (including phenoxy) is 1. The lowest BCUT2D eigenvalue weighted by atomic mass is 10.2. The molecule has 2 aromatic rings. The number of halogens is 2. The minimum absolute atomic E-state index is 0.158. The van der Waals surface area contributed by atoms with Crippen LogP contribution in [0.25, 0.3) is 0 Å². The maximum absolute atomic E-state index is 13.1. The van der Waals surface area contributed by atoms with Gasteiger partial charge in [0.1, 0.15) is 23.1 Å². The van der Waals surface area contributed by atoms with Gasteiger partial charge in [0.05, 0.1) is 0 Å². The van der Waals surface area contributed by atoms with E-state index < -0.39 is 11.6 Å². The van der Waals surface area contributed by atoms with Gasteiger partial charge in [0.25, 0.3) is 0 Å². The number of hydrogen-bond donors (Lipinski definition) is 1. The van der Waals surface area contributed by atoms with Crippen LogP contribution in [0.2, 0.25) is 0 Å². The molecule has 2 nitrogen and oxygen atoms in total. The zero-order valence-electron chi connectivity index (χ0n) is 11.3. The SMILES string of the molecule is CCCNCc1ccccc1Oc1cc(F)cc(F)c1. The molecule has 0 unspecified atom stereocenters. The van der Waals surface area contributed by atoms with Crippen LogP contribution in [0.15, 0.2) is 42.5 Å². The molecule has 0 saturated carbocycles. The van der Waals surface area contributed by atoms with E-state index in [0.717, 1.165) is 24.6 Å². The Kier molecular flexibility index (Phi) is 5.07. The van der Waals surface area contributed by atoms with Crippen molar-refractivity contribution in [1.29, 1.82) is 0 Å². The standard InChI is InChI=1S/C16H17F2NO/c1-2-7-19-11-12-5-3-4-6-16(12)20-15-9-13(17)8-14(18)10-15/h3-6,8-10,19H,2,7,11H2,1H3. The highest BCUT2D eigenvalue weighted by Gasteiger charge is 2.06. The quantitative estimate of drug-likeness (QED) is 0.797. The van der Waals surface area contributed by atoms with Crippen molar-refractivity contribution in [3.8, 4) is 11.5 Å². The Labute approximate surface area is 117 Å². The van der Waals surface area contributed by atoms with Gasteiger partial charge in [0.15, 0.2) is 0 Å². The van der Waals surface area contributed by atoms with Gasteiger partial charge in [0, 0.05) is 30.3 Å². The first-order chi connectivity index (χ1) is 9.69. The summed E-state index contributed by atoms with van der Waals surface area (Å²) < 4.78 is 31.9. The number of para-hydroxylation sites is 1. The molecule has 0 aliphatic carbocycles. The molecule has 2 aromatic carbocycles. The lowest BCUT2D eigenvalue weighted by Crippen LogP contribution is -2.14. The summed E-state index contributed by atoms with van der Waals surface area (Å²) in [6, 6.07) is 10.6. The summed E-state index contributed by atoms with van der Waals surface area (Å²) in [5.41, 5.74) is 0.950. The molecule has 20 heavy (non-hydrogen) atoms. The van der Waals surface area contributed by atoms with E-state index in [1.54, 1.807) is 6.07 Å². The van der Waals surface area contributed by atoms with Crippen molar-refractivity contribution in [3.63, 3.8) is 0 Å². The highest BCUT2D eigenvalue weighted by atomic mass is 19.1. The van der Waals surface area contributed by atoms with Crippen LogP contribution in [-0.4, -0.2) is 6.54 Å². The van der Waals surface area contributed by atoms with E-state index in [0.29, 0.717) is 12.3 Å². The Balaban J connectivity index is 2.15. The topological polar surface area (TPSA) is 21.3 Å². The average molecular weight is 277 g/mol. The lowest BCUT2D eigenvalue weighted by molar-refractivity contribution is 0.460. The molecule has 0 aliphatic heterocycles. The van der Waals surface area contributed by atoms with Crippen LogP contribution in [-0.2, 0) is 6.54 Å². The van der Waals surface area contributed by atoms with Crippen LogP contribution in [0.1, 0.15) is 18.9 Å². The highest BCUT2D eigenvalue weighted by Crippen LogP contribution is 2.26. The molecule has 0 bridgehead atoms. The van der Waals surface area contributed by atoms with Gasteiger partial charge in [-0.3, -0.25) is 0 Å². The number of hydrogen-bond acceptors (Lipinski definition) is 2. The molecule has 0 atom stereocenters. The summed E-state index contributed by atoms with van der Waals surface area (Å²) in [6.07, 6.45) is 1.04. The van der Waals surface area contributed by atoms with Crippen LogP contribution >= 0.6 is 0 Å². The third-order valence-electron chi connectivity index (χ3n) is 2.78. The molecule has 0 heterocycles. The number of nitrogens with one attached hydrogen (secondary N) is 1. The minimum Gasteiger partial charge on any atom is -0.457 e. The molecule has 2 rings (SSSR count). The predicted molar refractivity (Wildman–Crippen MR) is 74.9 cm³/mol. The van der Waals surface area contributed by atoms with Gasteiger partial charge in [-0.1, -0.05) is 25.1 Å². The highest BCUT2D eigenvalue weighted by molar-refractivity contribution is 5.38. The third kappa shape index (κ3) is 4.03. The van der Waals surface area contributed by atoms with E-state index in [4.69, 9.17) is 4.74 Å². The Morgan fingerprint density at radius 2 is 1.75 bits per heavy atom. The first-order valence-corrected chi connectivity index (χ1v) is 6.61. The van der Waals surface area contributed by atoms with Crippen LogP contribution in [0.4, 0.5) is 8.78 Å². The number of rotatable bonds is 6. The molecule has 0 fully saturated rings. The van der Waals surface area contributed by atoms with E-state index in [1.165, 1.54) is 12.1 Å². The van der Waals surface area contributed by atoms with Crippen molar-refractivity contribution < 1.29 is 13.5 Å². The second kappa shape index (κ2) is 7.01. The van der Waals surface area contributed by atoms with Crippen molar-refractivity contribution in [2.45, 2.75) is 19.9 Å². The summed E-state index contributed by atoms with van der Waals surface area (Å²) in [5.74, 6) is -0.547. The normalized spacial score (nSPS) is 10.6. The maximum atomic E-state index is 13.1. The Bertz CT molecular complexity index is 552. The summed E-state index contributed by atoms with van der Waals surface area (Å²) in [7, 11) is 0. The van der Waals surface area contributed by atoms with Crippen molar-refractivity contribution >= 4 is 0 Å². The third-order valence-corrected chi connectivity index (χ3v) is 2.78. The van der Waals surface area contributed by atoms with E-state index in [9.17, 15) is 8.78 Å². The summed E-state index contributed by atoms with van der Waals surface area (Å²) in [5, 5.41) is 3.27. The van der Waals surface area contributed by atoms with Gasteiger partial charge < -0.3 is 10.1 Å². The first-order valence-electron chi connectivity index (χ1n) is 6.61. The molecule has 106 valence electrons. The second-order valence-corrected chi connectivity index (χ2v) is 4.49. The molecule has 0 aromatic heterocycles. The first kappa shape index (κ1) is 14.5. The van der Waals surface area contributed by atoms with Gasteiger partial charge in [-0.25, -0.2) is 8.78 Å². The van der Waals surface area contributed by atoms with Crippen molar-refractivity contribution in [2.75, 3.05) is 6.54 Å². The van der Waals surface area contributed by atoms with Crippen molar-refractivity contribution in [1.82, 2.24) is 5.32 Å². The van der Waals surface area contributed by atoms with Crippen LogP contribution in [0, 0.1) is 11.6 Å². The minimum atomic E-state index is -0.651. The molecular formula is C16H17F2NO. The molecule has 0 aliphatic rings. The smallest absolute Gasteiger partial charge is 0.133 e. The summed E-state index contributed by atoms with van der Waals surface area (Å²) >= 11 is 0.